The molecule has 0 bridgehead atoms. The Morgan fingerprint density at radius 2 is 1.84 bits per heavy atom. The lowest BCUT2D eigenvalue weighted by molar-refractivity contribution is 0.485. The molecule has 0 aliphatic heterocycles. The number of furan rings is 1. The first-order valence-corrected chi connectivity index (χ1v) is 10.7. The standard InChI is InChI=1S/C22H21N7OS/c1-15-12-16(2)29(26-15)14-18-8-9-19(30-18)21-24-25-22(31-21)23-20-10-11-28(27-20)13-17-6-4-3-5-7-17/h3-12H,13-14H2,1-2H3,(H,23,25,27). The van der Waals surface area contributed by atoms with Gasteiger partial charge in [0.2, 0.25) is 5.13 Å². The molecule has 4 heterocycles. The van der Waals surface area contributed by atoms with E-state index in [-0.39, 0.29) is 0 Å². The molecule has 156 valence electrons. The van der Waals surface area contributed by atoms with Gasteiger partial charge in [0.05, 0.1) is 18.8 Å². The van der Waals surface area contributed by atoms with Crippen LogP contribution in [0.3, 0.4) is 0 Å². The van der Waals surface area contributed by atoms with Gasteiger partial charge >= 0.3 is 0 Å². The number of nitrogens with one attached hydrogen (secondary N) is 1. The number of anilines is 2. The normalized spacial score (nSPS) is 11.2. The van der Waals surface area contributed by atoms with Crippen LogP contribution in [-0.4, -0.2) is 29.8 Å². The molecular formula is C22H21N7OS. The average Bonchev–Trinajstić information content (AvgIpc) is 3.53. The summed E-state index contributed by atoms with van der Waals surface area (Å²) in [5, 5.41) is 22.1. The van der Waals surface area contributed by atoms with E-state index in [1.807, 2.05) is 71.9 Å². The molecule has 31 heavy (non-hydrogen) atoms. The molecule has 0 aliphatic carbocycles. The Morgan fingerprint density at radius 3 is 2.65 bits per heavy atom. The van der Waals surface area contributed by atoms with Crippen molar-refractivity contribution in [3.05, 3.63) is 83.5 Å². The van der Waals surface area contributed by atoms with Crippen molar-refractivity contribution in [2.24, 2.45) is 0 Å². The second-order valence-electron chi connectivity index (χ2n) is 7.27. The van der Waals surface area contributed by atoms with E-state index in [2.05, 4.69) is 37.8 Å². The molecule has 0 radical (unpaired) electrons. The molecule has 8 nitrogen and oxygen atoms in total. The van der Waals surface area contributed by atoms with Gasteiger partial charge < -0.3 is 9.73 Å². The van der Waals surface area contributed by atoms with Gasteiger partial charge in [-0.05, 0) is 37.6 Å². The molecular weight excluding hydrogens is 410 g/mol. The zero-order valence-corrected chi connectivity index (χ0v) is 18.0. The highest BCUT2D eigenvalue weighted by molar-refractivity contribution is 7.18. The molecule has 5 rings (SSSR count). The van der Waals surface area contributed by atoms with E-state index < -0.39 is 0 Å². The number of aryl methyl sites for hydroxylation is 2. The highest BCUT2D eigenvalue weighted by Crippen LogP contribution is 2.29. The minimum absolute atomic E-state index is 0.586. The quantitative estimate of drug-likeness (QED) is 0.404. The van der Waals surface area contributed by atoms with Crippen LogP contribution in [0.25, 0.3) is 10.8 Å². The molecule has 5 aromatic rings. The van der Waals surface area contributed by atoms with Crippen LogP contribution in [0.5, 0.6) is 0 Å². The van der Waals surface area contributed by atoms with E-state index in [9.17, 15) is 0 Å². The fourth-order valence-corrected chi connectivity index (χ4v) is 4.04. The number of nitrogens with zero attached hydrogens (tertiary/aromatic N) is 6. The topological polar surface area (TPSA) is 86.6 Å². The molecule has 9 heteroatoms. The lowest BCUT2D eigenvalue weighted by Gasteiger charge is -2.01. The fraction of sp³-hybridized carbons (Fsp3) is 0.182. The average molecular weight is 432 g/mol. The first kappa shape index (κ1) is 19.3. The van der Waals surface area contributed by atoms with E-state index >= 15 is 0 Å². The van der Waals surface area contributed by atoms with Crippen LogP contribution in [0.2, 0.25) is 0 Å². The first-order chi connectivity index (χ1) is 15.1. The molecule has 1 N–H and O–H groups in total. The molecule has 0 unspecified atom stereocenters. The molecule has 0 saturated heterocycles. The van der Waals surface area contributed by atoms with Crippen LogP contribution in [0, 0.1) is 13.8 Å². The summed E-state index contributed by atoms with van der Waals surface area (Å²) < 4.78 is 9.79. The Labute approximate surface area is 183 Å². The third kappa shape index (κ3) is 4.41. The summed E-state index contributed by atoms with van der Waals surface area (Å²) in [6, 6.07) is 18.1. The van der Waals surface area contributed by atoms with Crippen molar-refractivity contribution < 1.29 is 4.42 Å². The zero-order chi connectivity index (χ0) is 21.2. The Kier molecular flexibility index (Phi) is 5.09. The van der Waals surface area contributed by atoms with Crippen molar-refractivity contribution in [2.45, 2.75) is 26.9 Å². The molecule has 4 aromatic heterocycles. The number of aromatic nitrogens is 6. The minimum Gasteiger partial charge on any atom is -0.457 e. The molecule has 0 amide bonds. The molecule has 0 atom stereocenters. The summed E-state index contributed by atoms with van der Waals surface area (Å²) in [4.78, 5) is 0. The van der Waals surface area contributed by atoms with Gasteiger partial charge in [-0.25, -0.2) is 0 Å². The number of hydrogen-bond donors (Lipinski definition) is 1. The first-order valence-electron chi connectivity index (χ1n) is 9.90. The zero-order valence-electron chi connectivity index (χ0n) is 17.2. The van der Waals surface area contributed by atoms with E-state index in [0.29, 0.717) is 29.0 Å². The lowest BCUT2D eigenvalue weighted by Crippen LogP contribution is -2.02. The predicted octanol–water partition coefficient (Wildman–Crippen LogP) is 4.65. The summed E-state index contributed by atoms with van der Waals surface area (Å²) in [5.74, 6) is 2.24. The molecule has 0 spiro atoms. The van der Waals surface area contributed by atoms with E-state index in [1.165, 1.54) is 16.9 Å². The summed E-state index contributed by atoms with van der Waals surface area (Å²) in [5.41, 5.74) is 3.30. The summed E-state index contributed by atoms with van der Waals surface area (Å²) in [6.45, 7) is 5.32. The second-order valence-corrected chi connectivity index (χ2v) is 8.25. The number of benzene rings is 1. The van der Waals surface area contributed by atoms with Crippen molar-refractivity contribution >= 4 is 22.3 Å². The van der Waals surface area contributed by atoms with Gasteiger partial charge in [0.25, 0.3) is 0 Å². The van der Waals surface area contributed by atoms with Crippen molar-refractivity contribution in [1.82, 2.24) is 29.8 Å². The van der Waals surface area contributed by atoms with E-state index in [0.717, 1.165) is 23.0 Å². The van der Waals surface area contributed by atoms with Gasteiger partial charge in [-0.1, -0.05) is 41.7 Å². The number of rotatable bonds is 7. The van der Waals surface area contributed by atoms with Crippen molar-refractivity contribution in [3.8, 4) is 10.8 Å². The fourth-order valence-electron chi connectivity index (χ4n) is 3.33. The van der Waals surface area contributed by atoms with Gasteiger partial charge in [0.1, 0.15) is 5.76 Å². The van der Waals surface area contributed by atoms with Crippen molar-refractivity contribution in [1.29, 1.82) is 0 Å². The van der Waals surface area contributed by atoms with Gasteiger partial charge in [-0.3, -0.25) is 9.36 Å². The maximum Gasteiger partial charge on any atom is 0.211 e. The van der Waals surface area contributed by atoms with E-state index in [1.54, 1.807) is 0 Å². The minimum atomic E-state index is 0.586. The smallest absolute Gasteiger partial charge is 0.211 e. The van der Waals surface area contributed by atoms with Crippen molar-refractivity contribution in [3.63, 3.8) is 0 Å². The highest BCUT2D eigenvalue weighted by atomic mass is 32.1. The van der Waals surface area contributed by atoms with Crippen LogP contribution in [0.15, 0.2) is 65.2 Å². The van der Waals surface area contributed by atoms with Crippen molar-refractivity contribution in [2.75, 3.05) is 5.32 Å². The summed E-state index contributed by atoms with van der Waals surface area (Å²) >= 11 is 1.42. The summed E-state index contributed by atoms with van der Waals surface area (Å²) in [6.07, 6.45) is 1.94. The monoisotopic (exact) mass is 431 g/mol. The van der Waals surface area contributed by atoms with Gasteiger partial charge in [0.15, 0.2) is 16.6 Å². The van der Waals surface area contributed by atoms with Crippen LogP contribution in [0.1, 0.15) is 22.7 Å². The maximum absolute atomic E-state index is 5.97. The second kappa shape index (κ2) is 8.19. The third-order valence-electron chi connectivity index (χ3n) is 4.77. The Balaban J connectivity index is 1.25. The van der Waals surface area contributed by atoms with Crippen LogP contribution >= 0.6 is 11.3 Å². The highest BCUT2D eigenvalue weighted by Gasteiger charge is 2.13. The van der Waals surface area contributed by atoms with Crippen LogP contribution < -0.4 is 5.32 Å². The molecule has 0 fully saturated rings. The van der Waals surface area contributed by atoms with E-state index in [4.69, 9.17) is 4.42 Å². The van der Waals surface area contributed by atoms with Gasteiger partial charge in [-0.2, -0.15) is 10.2 Å². The molecule has 1 aromatic carbocycles. The van der Waals surface area contributed by atoms with Crippen LogP contribution in [-0.2, 0) is 13.1 Å². The largest absolute Gasteiger partial charge is 0.457 e. The van der Waals surface area contributed by atoms with Gasteiger partial charge in [-0.15, -0.1) is 10.2 Å². The van der Waals surface area contributed by atoms with Gasteiger partial charge in [0, 0.05) is 18.0 Å². The van der Waals surface area contributed by atoms with Crippen LogP contribution in [0.4, 0.5) is 10.9 Å². The Morgan fingerprint density at radius 1 is 0.968 bits per heavy atom. The predicted molar refractivity (Wildman–Crippen MR) is 119 cm³/mol. The SMILES string of the molecule is Cc1cc(C)n(Cc2ccc(-c3nnc(Nc4ccn(Cc5ccccc5)n4)s3)o2)n1. The number of hydrogen-bond acceptors (Lipinski definition) is 7. The Bertz CT molecular complexity index is 1300. The lowest BCUT2D eigenvalue weighted by atomic mass is 10.2. The molecule has 0 saturated carbocycles. The summed E-state index contributed by atoms with van der Waals surface area (Å²) in [7, 11) is 0. The molecule has 0 aliphatic rings. The maximum atomic E-state index is 5.97. The Hall–Kier alpha value is -3.72. The third-order valence-corrected chi connectivity index (χ3v) is 5.62.